The lowest BCUT2D eigenvalue weighted by molar-refractivity contribution is -0.384. The van der Waals surface area contributed by atoms with Crippen molar-refractivity contribution in [3.8, 4) is 16.3 Å². The first-order valence-electron chi connectivity index (χ1n) is 5.59. The van der Waals surface area contributed by atoms with E-state index in [0.717, 1.165) is 10.2 Å². The zero-order chi connectivity index (χ0) is 14.3. The van der Waals surface area contributed by atoms with Crippen LogP contribution in [-0.2, 0) is 0 Å². The molecular formula is C13H7BrN2O3S. The van der Waals surface area contributed by atoms with Crippen molar-refractivity contribution in [3.05, 3.63) is 51.0 Å². The standard InChI is InChI=1S/C13H7BrN2O3S/c14-9-6-7(16(18)19)5-8(12(9)17)13-15-10-3-1-2-4-11(10)20-13/h1-6,17H. The third-order valence-corrected chi connectivity index (χ3v) is 4.46. The number of non-ortho nitro benzene ring substituents is 1. The SMILES string of the molecule is O=[N+]([O-])c1cc(Br)c(O)c(-c2nc3ccccc3s2)c1. The number of nitro benzene ring substituents is 1. The Morgan fingerprint density at radius 3 is 2.75 bits per heavy atom. The molecule has 7 heteroatoms. The maximum atomic E-state index is 10.9. The fourth-order valence-corrected chi connectivity index (χ4v) is 3.27. The lowest BCUT2D eigenvalue weighted by atomic mass is 10.2. The van der Waals surface area contributed by atoms with Gasteiger partial charge < -0.3 is 5.11 Å². The summed E-state index contributed by atoms with van der Waals surface area (Å²) in [6.45, 7) is 0. The number of phenolic OH excluding ortho intramolecular Hbond substituents is 1. The minimum atomic E-state index is -0.499. The molecule has 1 N–H and O–H groups in total. The van der Waals surface area contributed by atoms with Crippen LogP contribution < -0.4 is 0 Å². The molecule has 5 nitrogen and oxygen atoms in total. The highest BCUT2D eigenvalue weighted by molar-refractivity contribution is 9.10. The van der Waals surface area contributed by atoms with E-state index in [1.54, 1.807) is 0 Å². The molecule has 3 rings (SSSR count). The second-order valence-corrected chi connectivity index (χ2v) is 5.95. The van der Waals surface area contributed by atoms with Crippen molar-refractivity contribution in [2.75, 3.05) is 0 Å². The molecule has 0 amide bonds. The summed E-state index contributed by atoms with van der Waals surface area (Å²) >= 11 is 4.51. The monoisotopic (exact) mass is 350 g/mol. The molecule has 0 aliphatic carbocycles. The number of para-hydroxylation sites is 1. The average Bonchev–Trinajstić information content (AvgIpc) is 2.84. The summed E-state index contributed by atoms with van der Waals surface area (Å²) < 4.78 is 1.24. The minimum absolute atomic E-state index is 0.0466. The topological polar surface area (TPSA) is 76.3 Å². The third-order valence-electron chi connectivity index (χ3n) is 2.78. The molecule has 0 unspecified atom stereocenters. The van der Waals surface area contributed by atoms with E-state index in [-0.39, 0.29) is 15.9 Å². The summed E-state index contributed by atoms with van der Waals surface area (Å²) in [7, 11) is 0. The highest BCUT2D eigenvalue weighted by atomic mass is 79.9. The molecule has 20 heavy (non-hydrogen) atoms. The third kappa shape index (κ3) is 2.14. The Bertz CT molecular complexity index is 799. The summed E-state index contributed by atoms with van der Waals surface area (Å²) in [6.07, 6.45) is 0. The van der Waals surface area contributed by atoms with E-state index in [4.69, 9.17) is 0 Å². The van der Waals surface area contributed by atoms with Gasteiger partial charge in [0.15, 0.2) is 0 Å². The smallest absolute Gasteiger partial charge is 0.271 e. The Hall–Kier alpha value is -1.99. The van der Waals surface area contributed by atoms with Crippen molar-refractivity contribution in [1.29, 1.82) is 0 Å². The van der Waals surface area contributed by atoms with Crippen LogP contribution in [0.2, 0.25) is 0 Å². The molecule has 0 radical (unpaired) electrons. The number of aromatic nitrogens is 1. The van der Waals surface area contributed by atoms with Crippen LogP contribution in [0.25, 0.3) is 20.8 Å². The van der Waals surface area contributed by atoms with Gasteiger partial charge in [0.05, 0.1) is 25.2 Å². The van der Waals surface area contributed by atoms with Crippen LogP contribution in [0.5, 0.6) is 5.75 Å². The molecule has 0 fully saturated rings. The summed E-state index contributed by atoms with van der Waals surface area (Å²) in [5.41, 5.74) is 1.06. The van der Waals surface area contributed by atoms with E-state index in [2.05, 4.69) is 20.9 Å². The van der Waals surface area contributed by atoms with E-state index in [1.165, 1.54) is 23.5 Å². The first-order valence-corrected chi connectivity index (χ1v) is 7.20. The normalized spacial score (nSPS) is 10.8. The highest BCUT2D eigenvalue weighted by Gasteiger charge is 2.18. The largest absolute Gasteiger partial charge is 0.506 e. The number of phenols is 1. The molecule has 0 atom stereocenters. The number of nitro groups is 1. The Balaban J connectivity index is 2.24. The van der Waals surface area contributed by atoms with Crippen LogP contribution in [0.3, 0.4) is 0 Å². The molecule has 0 aliphatic heterocycles. The molecule has 0 aliphatic rings. The van der Waals surface area contributed by atoms with Crippen LogP contribution in [0.1, 0.15) is 0 Å². The van der Waals surface area contributed by atoms with E-state index in [0.29, 0.717) is 10.6 Å². The number of thiazole rings is 1. The van der Waals surface area contributed by atoms with Crippen LogP contribution in [0.15, 0.2) is 40.9 Å². The number of rotatable bonds is 2. The van der Waals surface area contributed by atoms with Gasteiger partial charge in [0, 0.05) is 12.1 Å². The summed E-state index contributed by atoms with van der Waals surface area (Å²) in [5, 5.41) is 21.5. The number of nitrogens with zero attached hydrogens (tertiary/aromatic N) is 2. The number of aromatic hydroxyl groups is 1. The number of hydrogen-bond acceptors (Lipinski definition) is 5. The molecule has 2 aromatic carbocycles. The Morgan fingerprint density at radius 1 is 1.30 bits per heavy atom. The zero-order valence-electron chi connectivity index (χ0n) is 9.91. The van der Waals surface area contributed by atoms with Crippen molar-refractivity contribution < 1.29 is 10.0 Å². The first-order chi connectivity index (χ1) is 9.56. The van der Waals surface area contributed by atoms with Gasteiger partial charge in [-0.25, -0.2) is 4.98 Å². The molecule has 3 aromatic rings. The fraction of sp³-hybridized carbons (Fsp3) is 0. The van der Waals surface area contributed by atoms with Crippen molar-refractivity contribution in [3.63, 3.8) is 0 Å². The number of hydrogen-bond donors (Lipinski definition) is 1. The van der Waals surface area contributed by atoms with Crippen molar-refractivity contribution >= 4 is 43.2 Å². The molecule has 0 bridgehead atoms. The molecule has 100 valence electrons. The van der Waals surface area contributed by atoms with E-state index >= 15 is 0 Å². The second kappa shape index (κ2) is 4.84. The first kappa shape index (κ1) is 13.0. The highest BCUT2D eigenvalue weighted by Crippen LogP contribution is 2.41. The van der Waals surface area contributed by atoms with Crippen molar-refractivity contribution in [2.24, 2.45) is 0 Å². The van der Waals surface area contributed by atoms with Crippen molar-refractivity contribution in [2.45, 2.75) is 0 Å². The molecule has 0 saturated heterocycles. The van der Waals surface area contributed by atoms with Gasteiger partial charge in [-0.3, -0.25) is 10.1 Å². The summed E-state index contributed by atoms with van der Waals surface area (Å²) in [5.74, 6) is -0.0466. The molecule has 0 saturated carbocycles. The van der Waals surface area contributed by atoms with Gasteiger partial charge in [0.1, 0.15) is 10.8 Å². The molecular weight excluding hydrogens is 344 g/mol. The zero-order valence-corrected chi connectivity index (χ0v) is 12.3. The minimum Gasteiger partial charge on any atom is -0.506 e. The van der Waals surface area contributed by atoms with Gasteiger partial charge >= 0.3 is 0 Å². The van der Waals surface area contributed by atoms with Gasteiger partial charge in [0.2, 0.25) is 0 Å². The number of fused-ring (bicyclic) bond motifs is 1. The van der Waals surface area contributed by atoms with E-state index in [1.807, 2.05) is 24.3 Å². The lowest BCUT2D eigenvalue weighted by Crippen LogP contribution is -1.89. The van der Waals surface area contributed by atoms with Crippen molar-refractivity contribution in [1.82, 2.24) is 4.98 Å². The number of benzene rings is 2. The van der Waals surface area contributed by atoms with Crippen LogP contribution in [0, 0.1) is 10.1 Å². The maximum absolute atomic E-state index is 10.9. The quantitative estimate of drug-likeness (QED) is 0.550. The summed E-state index contributed by atoms with van der Waals surface area (Å²) in [6, 6.07) is 10.1. The summed E-state index contributed by atoms with van der Waals surface area (Å²) in [4.78, 5) is 14.8. The van der Waals surface area contributed by atoms with Crippen LogP contribution in [0.4, 0.5) is 5.69 Å². The molecule has 1 aromatic heterocycles. The Kier molecular flexibility index (Phi) is 3.15. The molecule has 1 heterocycles. The van der Waals surface area contributed by atoms with Gasteiger partial charge in [-0.1, -0.05) is 12.1 Å². The van der Waals surface area contributed by atoms with Gasteiger partial charge in [0.25, 0.3) is 5.69 Å². The fourth-order valence-electron chi connectivity index (χ4n) is 1.84. The second-order valence-electron chi connectivity index (χ2n) is 4.07. The van der Waals surface area contributed by atoms with Crippen LogP contribution in [-0.4, -0.2) is 15.0 Å². The van der Waals surface area contributed by atoms with Gasteiger partial charge in [-0.15, -0.1) is 11.3 Å². The Morgan fingerprint density at radius 2 is 2.05 bits per heavy atom. The average molecular weight is 351 g/mol. The predicted molar refractivity (Wildman–Crippen MR) is 81.1 cm³/mol. The predicted octanol–water partition coefficient (Wildman–Crippen LogP) is 4.34. The van der Waals surface area contributed by atoms with Gasteiger partial charge in [-0.05, 0) is 28.1 Å². The maximum Gasteiger partial charge on any atom is 0.271 e. The van der Waals surface area contributed by atoms with E-state index < -0.39 is 4.92 Å². The van der Waals surface area contributed by atoms with E-state index in [9.17, 15) is 15.2 Å². The van der Waals surface area contributed by atoms with Gasteiger partial charge in [-0.2, -0.15) is 0 Å². The van der Waals surface area contributed by atoms with Crippen LogP contribution >= 0.6 is 27.3 Å². The molecule has 0 spiro atoms. The lowest BCUT2D eigenvalue weighted by Gasteiger charge is -2.03. The Labute approximate surface area is 125 Å². The number of halogens is 1.